The standard InChI is InChI=1S/C12H15N3S/c1-9(12-5-3-4-6-13-12)14-7-11-8-16-10(2)15-11/h3-6,8-9,14H,7H2,1-2H3/t9-/m0/s1. The van der Waals surface area contributed by atoms with E-state index in [0.717, 1.165) is 22.9 Å². The SMILES string of the molecule is Cc1nc(CN[C@@H](C)c2ccccn2)cs1. The van der Waals surface area contributed by atoms with Gasteiger partial charge in [0.2, 0.25) is 0 Å². The second kappa shape index (κ2) is 5.18. The van der Waals surface area contributed by atoms with Gasteiger partial charge in [0.25, 0.3) is 0 Å². The fraction of sp³-hybridized carbons (Fsp3) is 0.333. The van der Waals surface area contributed by atoms with Crippen LogP contribution in [-0.4, -0.2) is 9.97 Å². The molecule has 2 aromatic heterocycles. The van der Waals surface area contributed by atoms with E-state index in [1.807, 2.05) is 31.3 Å². The third-order valence-electron chi connectivity index (χ3n) is 2.39. The Morgan fingerprint density at radius 2 is 2.31 bits per heavy atom. The highest BCUT2D eigenvalue weighted by atomic mass is 32.1. The molecule has 0 bridgehead atoms. The summed E-state index contributed by atoms with van der Waals surface area (Å²) >= 11 is 1.69. The number of aryl methyl sites for hydroxylation is 1. The van der Waals surface area contributed by atoms with Gasteiger partial charge in [0.15, 0.2) is 0 Å². The van der Waals surface area contributed by atoms with Gasteiger partial charge < -0.3 is 5.32 Å². The van der Waals surface area contributed by atoms with Crippen LogP contribution in [0.5, 0.6) is 0 Å². The van der Waals surface area contributed by atoms with Gasteiger partial charge in [0.1, 0.15) is 0 Å². The molecule has 0 unspecified atom stereocenters. The Morgan fingerprint density at radius 1 is 1.44 bits per heavy atom. The van der Waals surface area contributed by atoms with Crippen molar-refractivity contribution in [3.8, 4) is 0 Å². The maximum Gasteiger partial charge on any atom is 0.0897 e. The van der Waals surface area contributed by atoms with Gasteiger partial charge in [-0.2, -0.15) is 0 Å². The van der Waals surface area contributed by atoms with E-state index in [9.17, 15) is 0 Å². The highest BCUT2D eigenvalue weighted by Crippen LogP contribution is 2.11. The molecule has 16 heavy (non-hydrogen) atoms. The molecule has 0 aromatic carbocycles. The molecule has 0 saturated carbocycles. The lowest BCUT2D eigenvalue weighted by atomic mass is 10.2. The minimum atomic E-state index is 0.253. The number of nitrogens with zero attached hydrogens (tertiary/aromatic N) is 2. The maximum absolute atomic E-state index is 4.41. The summed E-state index contributed by atoms with van der Waals surface area (Å²) in [6.45, 7) is 4.93. The van der Waals surface area contributed by atoms with Crippen LogP contribution in [0.4, 0.5) is 0 Å². The number of hydrogen-bond acceptors (Lipinski definition) is 4. The number of pyridine rings is 1. The summed E-state index contributed by atoms with van der Waals surface area (Å²) < 4.78 is 0. The van der Waals surface area contributed by atoms with Crippen LogP contribution in [0.1, 0.15) is 29.4 Å². The van der Waals surface area contributed by atoms with Crippen LogP contribution < -0.4 is 5.32 Å². The molecule has 0 aliphatic carbocycles. The molecule has 0 amide bonds. The second-order valence-electron chi connectivity index (χ2n) is 3.72. The van der Waals surface area contributed by atoms with Crippen LogP contribution in [0.3, 0.4) is 0 Å². The lowest BCUT2D eigenvalue weighted by molar-refractivity contribution is 0.556. The van der Waals surface area contributed by atoms with E-state index < -0.39 is 0 Å². The number of hydrogen-bond donors (Lipinski definition) is 1. The Kier molecular flexibility index (Phi) is 3.64. The molecule has 2 rings (SSSR count). The smallest absolute Gasteiger partial charge is 0.0897 e. The van der Waals surface area contributed by atoms with E-state index in [4.69, 9.17) is 0 Å². The van der Waals surface area contributed by atoms with Crippen molar-refractivity contribution >= 4 is 11.3 Å². The summed E-state index contributed by atoms with van der Waals surface area (Å²) in [5.74, 6) is 0. The lowest BCUT2D eigenvalue weighted by Gasteiger charge is -2.11. The minimum Gasteiger partial charge on any atom is -0.303 e. The van der Waals surface area contributed by atoms with Gasteiger partial charge in [-0.1, -0.05) is 6.07 Å². The molecule has 0 aliphatic rings. The molecule has 0 saturated heterocycles. The first kappa shape index (κ1) is 11.2. The van der Waals surface area contributed by atoms with Crippen molar-refractivity contribution < 1.29 is 0 Å². The predicted octanol–water partition coefficient (Wildman–Crippen LogP) is 2.70. The first-order valence-electron chi connectivity index (χ1n) is 5.31. The molecule has 0 aliphatic heterocycles. The van der Waals surface area contributed by atoms with E-state index in [2.05, 4.69) is 27.6 Å². The summed E-state index contributed by atoms with van der Waals surface area (Å²) in [6, 6.07) is 6.22. The van der Waals surface area contributed by atoms with Crippen LogP contribution in [0.25, 0.3) is 0 Å². The highest BCUT2D eigenvalue weighted by Gasteiger charge is 2.06. The lowest BCUT2D eigenvalue weighted by Crippen LogP contribution is -2.19. The molecule has 4 heteroatoms. The summed E-state index contributed by atoms with van der Waals surface area (Å²) in [4.78, 5) is 8.73. The normalized spacial score (nSPS) is 12.6. The highest BCUT2D eigenvalue weighted by molar-refractivity contribution is 7.09. The quantitative estimate of drug-likeness (QED) is 0.882. The van der Waals surface area contributed by atoms with Gasteiger partial charge in [0.05, 0.1) is 16.4 Å². The third kappa shape index (κ3) is 2.87. The van der Waals surface area contributed by atoms with Crippen molar-refractivity contribution in [3.63, 3.8) is 0 Å². The first-order chi connectivity index (χ1) is 7.75. The van der Waals surface area contributed by atoms with Crippen LogP contribution in [0.2, 0.25) is 0 Å². The van der Waals surface area contributed by atoms with Crippen LogP contribution in [0, 0.1) is 6.92 Å². The second-order valence-corrected chi connectivity index (χ2v) is 4.78. The van der Waals surface area contributed by atoms with Crippen molar-refractivity contribution in [1.29, 1.82) is 0 Å². The summed E-state index contributed by atoms with van der Waals surface area (Å²) in [5, 5.41) is 6.61. The monoisotopic (exact) mass is 233 g/mol. The summed E-state index contributed by atoms with van der Waals surface area (Å²) in [5.41, 5.74) is 2.17. The zero-order chi connectivity index (χ0) is 11.4. The fourth-order valence-electron chi connectivity index (χ4n) is 1.48. The molecule has 0 fully saturated rings. The molecule has 0 radical (unpaired) electrons. The molecular formula is C12H15N3S. The zero-order valence-electron chi connectivity index (χ0n) is 9.47. The average molecular weight is 233 g/mol. The van der Waals surface area contributed by atoms with Gasteiger partial charge in [-0.05, 0) is 26.0 Å². The van der Waals surface area contributed by atoms with E-state index in [1.54, 1.807) is 11.3 Å². The van der Waals surface area contributed by atoms with Gasteiger partial charge in [0, 0.05) is 24.2 Å². The Labute approximate surface area is 99.6 Å². The first-order valence-corrected chi connectivity index (χ1v) is 6.19. The zero-order valence-corrected chi connectivity index (χ0v) is 10.3. The van der Waals surface area contributed by atoms with Crippen molar-refractivity contribution in [1.82, 2.24) is 15.3 Å². The number of thiazole rings is 1. The van der Waals surface area contributed by atoms with E-state index in [-0.39, 0.29) is 6.04 Å². The van der Waals surface area contributed by atoms with Crippen molar-refractivity contribution in [2.75, 3.05) is 0 Å². The van der Waals surface area contributed by atoms with Crippen molar-refractivity contribution in [2.45, 2.75) is 26.4 Å². The van der Waals surface area contributed by atoms with Gasteiger partial charge in [-0.15, -0.1) is 11.3 Å². The Balaban J connectivity index is 1.91. The van der Waals surface area contributed by atoms with Crippen molar-refractivity contribution in [3.05, 3.63) is 46.2 Å². The molecule has 2 aromatic rings. The molecule has 0 spiro atoms. The number of aromatic nitrogens is 2. The summed E-state index contributed by atoms with van der Waals surface area (Å²) in [6.07, 6.45) is 1.82. The Hall–Kier alpha value is -1.26. The van der Waals surface area contributed by atoms with Gasteiger partial charge in [-0.3, -0.25) is 4.98 Å². The van der Waals surface area contributed by atoms with Gasteiger partial charge >= 0.3 is 0 Å². The van der Waals surface area contributed by atoms with Crippen LogP contribution in [0.15, 0.2) is 29.8 Å². The fourth-order valence-corrected chi connectivity index (χ4v) is 2.10. The topological polar surface area (TPSA) is 37.8 Å². The summed E-state index contributed by atoms with van der Waals surface area (Å²) in [7, 11) is 0. The average Bonchev–Trinajstić information content (AvgIpc) is 2.73. The Morgan fingerprint density at radius 3 is 2.94 bits per heavy atom. The molecule has 1 N–H and O–H groups in total. The van der Waals surface area contributed by atoms with Crippen LogP contribution >= 0.6 is 11.3 Å². The van der Waals surface area contributed by atoms with Gasteiger partial charge in [-0.25, -0.2) is 4.98 Å². The predicted molar refractivity (Wildman–Crippen MR) is 66.3 cm³/mol. The largest absolute Gasteiger partial charge is 0.303 e. The van der Waals surface area contributed by atoms with Crippen molar-refractivity contribution in [2.24, 2.45) is 0 Å². The molecule has 3 nitrogen and oxygen atoms in total. The van der Waals surface area contributed by atoms with E-state index in [0.29, 0.717) is 0 Å². The molecule has 2 heterocycles. The maximum atomic E-state index is 4.41. The molecular weight excluding hydrogens is 218 g/mol. The third-order valence-corrected chi connectivity index (χ3v) is 3.21. The number of rotatable bonds is 4. The van der Waals surface area contributed by atoms with Crippen LogP contribution in [-0.2, 0) is 6.54 Å². The molecule has 84 valence electrons. The Bertz CT molecular complexity index is 439. The number of nitrogens with one attached hydrogen (secondary N) is 1. The molecule has 1 atom stereocenters. The van der Waals surface area contributed by atoms with E-state index in [1.165, 1.54) is 0 Å². The van der Waals surface area contributed by atoms with E-state index >= 15 is 0 Å². The minimum absolute atomic E-state index is 0.253.